The van der Waals surface area contributed by atoms with Crippen LogP contribution in [0.15, 0.2) is 47.3 Å². The van der Waals surface area contributed by atoms with Gasteiger partial charge in [-0.15, -0.1) is 0 Å². The lowest BCUT2D eigenvalue weighted by Crippen LogP contribution is -2.34. The fraction of sp³-hybridized carbons (Fsp3) is 0.400. The summed E-state index contributed by atoms with van der Waals surface area (Å²) in [5.41, 5.74) is 3.46. The second-order valence-corrected chi connectivity index (χ2v) is 6.52. The van der Waals surface area contributed by atoms with Crippen LogP contribution in [0.5, 0.6) is 0 Å². The molecule has 1 amide bonds. The molecule has 0 aliphatic heterocycles. The van der Waals surface area contributed by atoms with Crippen LogP contribution in [0.3, 0.4) is 0 Å². The molecule has 1 aliphatic rings. The molecule has 126 valence electrons. The summed E-state index contributed by atoms with van der Waals surface area (Å²) in [6, 6.07) is 13.7. The van der Waals surface area contributed by atoms with E-state index in [-0.39, 0.29) is 17.5 Å². The van der Waals surface area contributed by atoms with Gasteiger partial charge in [-0.3, -0.25) is 9.59 Å². The average Bonchev–Trinajstić information content (AvgIpc) is 2.60. The summed E-state index contributed by atoms with van der Waals surface area (Å²) in [6.45, 7) is 2.33. The Morgan fingerprint density at radius 1 is 1.21 bits per heavy atom. The number of aromatic nitrogens is 1. The molecule has 1 aliphatic carbocycles. The van der Waals surface area contributed by atoms with Crippen molar-refractivity contribution in [2.24, 2.45) is 0 Å². The summed E-state index contributed by atoms with van der Waals surface area (Å²) in [5, 5.41) is 0. The maximum absolute atomic E-state index is 12.7. The number of benzene rings is 1. The first kappa shape index (κ1) is 16.5. The van der Waals surface area contributed by atoms with Gasteiger partial charge in [0.25, 0.3) is 5.56 Å². The SMILES string of the molecule is Cc1cccc(=O)n1CCC(=O)N(C)[C@H]1CCCc2ccccc21. The molecule has 0 unspecified atom stereocenters. The Kier molecular flexibility index (Phi) is 4.84. The van der Waals surface area contributed by atoms with Crippen LogP contribution in [0, 0.1) is 6.92 Å². The third kappa shape index (κ3) is 3.28. The number of carbonyl (C=O) groups excluding carboxylic acids is 1. The van der Waals surface area contributed by atoms with Gasteiger partial charge in [-0.2, -0.15) is 0 Å². The van der Waals surface area contributed by atoms with Gasteiger partial charge in [0.15, 0.2) is 0 Å². The number of nitrogens with zero attached hydrogens (tertiary/aromatic N) is 2. The van der Waals surface area contributed by atoms with Crippen molar-refractivity contribution in [3.05, 3.63) is 69.6 Å². The molecule has 0 saturated carbocycles. The third-order valence-corrected chi connectivity index (χ3v) is 5.02. The molecule has 4 nitrogen and oxygen atoms in total. The van der Waals surface area contributed by atoms with E-state index in [4.69, 9.17) is 0 Å². The minimum absolute atomic E-state index is 0.0477. The molecular formula is C20H24N2O2. The largest absolute Gasteiger partial charge is 0.339 e. The summed E-state index contributed by atoms with van der Waals surface area (Å²) in [6.07, 6.45) is 3.55. The number of hydrogen-bond acceptors (Lipinski definition) is 2. The van der Waals surface area contributed by atoms with E-state index in [2.05, 4.69) is 18.2 Å². The summed E-state index contributed by atoms with van der Waals surface area (Å²) in [7, 11) is 1.88. The number of pyridine rings is 1. The van der Waals surface area contributed by atoms with Crippen molar-refractivity contribution in [3.63, 3.8) is 0 Å². The highest BCUT2D eigenvalue weighted by atomic mass is 16.2. The van der Waals surface area contributed by atoms with Crippen molar-refractivity contribution in [2.45, 2.75) is 45.2 Å². The molecular weight excluding hydrogens is 300 g/mol. The van der Waals surface area contributed by atoms with Crippen LogP contribution in [0.2, 0.25) is 0 Å². The molecule has 0 spiro atoms. The van der Waals surface area contributed by atoms with E-state index in [1.165, 1.54) is 11.1 Å². The molecule has 0 fully saturated rings. The lowest BCUT2D eigenvalue weighted by atomic mass is 9.87. The van der Waals surface area contributed by atoms with Crippen molar-refractivity contribution >= 4 is 5.91 Å². The molecule has 1 atom stereocenters. The van der Waals surface area contributed by atoms with E-state index in [1.807, 2.05) is 31.0 Å². The smallest absolute Gasteiger partial charge is 0.250 e. The van der Waals surface area contributed by atoms with Gasteiger partial charge in [0.1, 0.15) is 0 Å². The highest BCUT2D eigenvalue weighted by Crippen LogP contribution is 2.33. The van der Waals surface area contributed by atoms with Crippen LogP contribution in [0.4, 0.5) is 0 Å². The standard InChI is InChI=1S/C20H24N2O2/c1-15-7-5-12-20(24)22(15)14-13-19(23)21(2)18-11-6-9-16-8-3-4-10-17(16)18/h3-5,7-8,10,12,18H,6,9,11,13-14H2,1-2H3/t18-/m0/s1. The highest BCUT2D eigenvalue weighted by molar-refractivity contribution is 5.76. The van der Waals surface area contributed by atoms with Gasteiger partial charge in [-0.05, 0) is 43.4 Å². The quantitative estimate of drug-likeness (QED) is 0.867. The number of rotatable bonds is 4. The molecule has 0 saturated heterocycles. The van der Waals surface area contributed by atoms with Gasteiger partial charge < -0.3 is 9.47 Å². The van der Waals surface area contributed by atoms with Crippen LogP contribution in [0.1, 0.15) is 42.1 Å². The third-order valence-electron chi connectivity index (χ3n) is 5.02. The number of fused-ring (bicyclic) bond motifs is 1. The zero-order chi connectivity index (χ0) is 17.1. The lowest BCUT2D eigenvalue weighted by Gasteiger charge is -2.33. The lowest BCUT2D eigenvalue weighted by molar-refractivity contribution is -0.132. The summed E-state index contributed by atoms with van der Waals surface area (Å²) >= 11 is 0. The predicted molar refractivity (Wildman–Crippen MR) is 94.9 cm³/mol. The number of hydrogen-bond donors (Lipinski definition) is 0. The normalized spacial score (nSPS) is 16.5. The van der Waals surface area contributed by atoms with E-state index in [0.717, 1.165) is 25.0 Å². The Morgan fingerprint density at radius 3 is 2.79 bits per heavy atom. The molecule has 3 rings (SSSR count). The molecule has 1 aromatic heterocycles. The molecule has 24 heavy (non-hydrogen) atoms. The van der Waals surface area contributed by atoms with Crippen LogP contribution in [-0.4, -0.2) is 22.4 Å². The van der Waals surface area contributed by atoms with Crippen LogP contribution in [-0.2, 0) is 17.8 Å². The molecule has 2 aromatic rings. The molecule has 1 heterocycles. The first-order valence-corrected chi connectivity index (χ1v) is 8.58. The van der Waals surface area contributed by atoms with Crippen LogP contribution in [0.25, 0.3) is 0 Å². The van der Waals surface area contributed by atoms with Gasteiger partial charge in [0.05, 0.1) is 6.04 Å². The first-order chi connectivity index (χ1) is 11.6. The molecule has 0 N–H and O–H groups in total. The maximum atomic E-state index is 12.7. The summed E-state index contributed by atoms with van der Waals surface area (Å²) in [4.78, 5) is 26.4. The molecule has 0 bridgehead atoms. The summed E-state index contributed by atoms with van der Waals surface area (Å²) < 4.78 is 1.67. The molecule has 0 radical (unpaired) electrons. The number of aryl methyl sites for hydroxylation is 2. The van der Waals surface area contributed by atoms with E-state index in [9.17, 15) is 9.59 Å². The highest BCUT2D eigenvalue weighted by Gasteiger charge is 2.26. The van der Waals surface area contributed by atoms with E-state index >= 15 is 0 Å². The zero-order valence-corrected chi connectivity index (χ0v) is 14.4. The van der Waals surface area contributed by atoms with Crippen molar-refractivity contribution in [2.75, 3.05) is 7.05 Å². The van der Waals surface area contributed by atoms with Gasteiger partial charge in [-0.25, -0.2) is 0 Å². The maximum Gasteiger partial charge on any atom is 0.250 e. The van der Waals surface area contributed by atoms with E-state index in [1.54, 1.807) is 16.7 Å². The Bertz CT molecular complexity index is 794. The van der Waals surface area contributed by atoms with Crippen molar-refractivity contribution in [1.82, 2.24) is 9.47 Å². The average molecular weight is 324 g/mol. The monoisotopic (exact) mass is 324 g/mol. The van der Waals surface area contributed by atoms with E-state index in [0.29, 0.717) is 13.0 Å². The van der Waals surface area contributed by atoms with Gasteiger partial charge in [0, 0.05) is 31.8 Å². The Hall–Kier alpha value is -2.36. The molecule has 1 aromatic carbocycles. The minimum atomic E-state index is -0.0477. The van der Waals surface area contributed by atoms with Crippen molar-refractivity contribution in [3.8, 4) is 0 Å². The van der Waals surface area contributed by atoms with E-state index < -0.39 is 0 Å². The Labute approximate surface area is 142 Å². The minimum Gasteiger partial charge on any atom is -0.339 e. The predicted octanol–water partition coefficient (Wildman–Crippen LogP) is 3.08. The Morgan fingerprint density at radius 2 is 2.00 bits per heavy atom. The fourth-order valence-corrected chi connectivity index (χ4v) is 3.60. The number of amides is 1. The Balaban J connectivity index is 1.71. The number of carbonyl (C=O) groups is 1. The molecule has 4 heteroatoms. The zero-order valence-electron chi connectivity index (χ0n) is 14.4. The van der Waals surface area contributed by atoms with Crippen LogP contribution >= 0.6 is 0 Å². The summed E-state index contributed by atoms with van der Waals surface area (Å²) in [5.74, 6) is 0.0897. The van der Waals surface area contributed by atoms with Gasteiger partial charge in [0.2, 0.25) is 5.91 Å². The van der Waals surface area contributed by atoms with Crippen molar-refractivity contribution in [1.29, 1.82) is 0 Å². The van der Waals surface area contributed by atoms with Crippen LogP contribution < -0.4 is 5.56 Å². The van der Waals surface area contributed by atoms with Gasteiger partial charge in [-0.1, -0.05) is 30.3 Å². The first-order valence-electron chi connectivity index (χ1n) is 8.58. The topological polar surface area (TPSA) is 42.3 Å². The van der Waals surface area contributed by atoms with Gasteiger partial charge >= 0.3 is 0 Å². The second-order valence-electron chi connectivity index (χ2n) is 6.52. The van der Waals surface area contributed by atoms with Crippen molar-refractivity contribution < 1.29 is 4.79 Å². The second kappa shape index (κ2) is 7.04. The fourth-order valence-electron chi connectivity index (χ4n) is 3.60.